The van der Waals surface area contributed by atoms with Gasteiger partial charge >= 0.3 is 0 Å². The molecule has 0 aliphatic carbocycles. The predicted octanol–water partition coefficient (Wildman–Crippen LogP) is 4.95. The summed E-state index contributed by atoms with van der Waals surface area (Å²) in [5.41, 5.74) is 9.38. The molecule has 0 saturated carbocycles. The summed E-state index contributed by atoms with van der Waals surface area (Å²) in [4.78, 5) is 20.1. The second-order valence-electron chi connectivity index (χ2n) is 7.97. The molecule has 8 heteroatoms. The number of hydrogen-bond acceptors (Lipinski definition) is 5. The Hall–Kier alpha value is -2.87. The van der Waals surface area contributed by atoms with Gasteiger partial charge in [-0.25, -0.2) is 4.98 Å². The van der Waals surface area contributed by atoms with Crippen molar-refractivity contribution in [1.29, 1.82) is 0 Å². The van der Waals surface area contributed by atoms with Crippen LogP contribution in [0.25, 0.3) is 16.2 Å². The number of pyridine rings is 1. The molecular formula is C24H25ClN4O2S. The maximum atomic E-state index is 11.7. The standard InChI is InChI=1S/C24H25ClN4O2S/c1-15(17-6-4-5-7-18(17)25)31-20-10-21(32-22(20)11-23(26)30)19-12-27-24-9-8-16(13-28(2)3)14-29(19)24/h4-10,12,14-15H,11,13H2,1-3H3,(H2,26,30). The molecule has 1 atom stereocenters. The van der Waals surface area contributed by atoms with E-state index in [4.69, 9.17) is 22.1 Å². The van der Waals surface area contributed by atoms with E-state index in [1.807, 2.05) is 63.6 Å². The molecule has 6 nitrogen and oxygen atoms in total. The lowest BCUT2D eigenvalue weighted by Gasteiger charge is -2.16. The van der Waals surface area contributed by atoms with E-state index in [0.717, 1.165) is 33.2 Å². The maximum absolute atomic E-state index is 11.7. The molecule has 166 valence electrons. The molecule has 0 bridgehead atoms. The third-order valence-corrected chi connectivity index (χ3v) is 6.55. The summed E-state index contributed by atoms with van der Waals surface area (Å²) in [7, 11) is 4.08. The second kappa shape index (κ2) is 9.32. The highest BCUT2D eigenvalue weighted by Crippen LogP contribution is 2.39. The van der Waals surface area contributed by atoms with E-state index < -0.39 is 5.91 Å². The number of nitrogens with two attached hydrogens (primary N) is 1. The van der Waals surface area contributed by atoms with Gasteiger partial charge in [0.1, 0.15) is 17.5 Å². The number of imidazole rings is 1. The highest BCUT2D eigenvalue weighted by molar-refractivity contribution is 7.15. The number of benzene rings is 1. The highest BCUT2D eigenvalue weighted by Gasteiger charge is 2.20. The van der Waals surface area contributed by atoms with Crippen molar-refractivity contribution in [3.05, 3.63) is 75.9 Å². The molecule has 4 aromatic rings. The lowest BCUT2D eigenvalue weighted by molar-refractivity contribution is -0.117. The summed E-state index contributed by atoms with van der Waals surface area (Å²) in [5, 5.41) is 0.641. The summed E-state index contributed by atoms with van der Waals surface area (Å²) in [6.45, 7) is 2.77. The van der Waals surface area contributed by atoms with Gasteiger partial charge in [0, 0.05) is 29.4 Å². The van der Waals surface area contributed by atoms with E-state index in [-0.39, 0.29) is 12.5 Å². The smallest absolute Gasteiger partial charge is 0.222 e. The number of thiophene rings is 1. The lowest BCUT2D eigenvalue weighted by Crippen LogP contribution is -2.13. The van der Waals surface area contributed by atoms with Gasteiger partial charge in [-0.05, 0) is 38.7 Å². The number of ether oxygens (including phenoxy) is 1. The summed E-state index contributed by atoms with van der Waals surface area (Å²) >= 11 is 7.84. The number of primary amides is 1. The number of fused-ring (bicyclic) bond motifs is 1. The van der Waals surface area contributed by atoms with Gasteiger partial charge in [-0.2, -0.15) is 0 Å². The largest absolute Gasteiger partial charge is 0.485 e. The van der Waals surface area contributed by atoms with Crippen LogP contribution in [0.2, 0.25) is 5.02 Å². The van der Waals surface area contributed by atoms with Crippen molar-refractivity contribution in [2.24, 2.45) is 5.73 Å². The molecule has 0 aliphatic heterocycles. The summed E-state index contributed by atoms with van der Waals surface area (Å²) < 4.78 is 8.33. The van der Waals surface area contributed by atoms with Crippen molar-refractivity contribution in [1.82, 2.24) is 14.3 Å². The van der Waals surface area contributed by atoms with E-state index in [0.29, 0.717) is 10.8 Å². The molecule has 4 rings (SSSR count). The first-order chi connectivity index (χ1) is 15.3. The number of carbonyl (C=O) groups excluding carboxylic acids is 1. The van der Waals surface area contributed by atoms with Crippen LogP contribution < -0.4 is 10.5 Å². The number of aromatic nitrogens is 2. The van der Waals surface area contributed by atoms with E-state index in [2.05, 4.69) is 26.5 Å². The third-order valence-electron chi connectivity index (χ3n) is 5.07. The van der Waals surface area contributed by atoms with Crippen LogP contribution in [0.1, 0.15) is 29.0 Å². The fourth-order valence-corrected chi connectivity index (χ4v) is 5.04. The third kappa shape index (κ3) is 4.80. The number of hydrogen-bond donors (Lipinski definition) is 1. The monoisotopic (exact) mass is 468 g/mol. The zero-order valence-corrected chi connectivity index (χ0v) is 19.8. The van der Waals surface area contributed by atoms with Crippen molar-refractivity contribution in [3.8, 4) is 16.3 Å². The second-order valence-corrected chi connectivity index (χ2v) is 9.51. The summed E-state index contributed by atoms with van der Waals surface area (Å²) in [6, 6.07) is 13.6. The van der Waals surface area contributed by atoms with Crippen LogP contribution in [0.3, 0.4) is 0 Å². The van der Waals surface area contributed by atoms with Crippen LogP contribution in [0, 0.1) is 0 Å². The number of rotatable bonds is 8. The Morgan fingerprint density at radius 1 is 1.28 bits per heavy atom. The Labute approximate surface area is 196 Å². The van der Waals surface area contributed by atoms with E-state index in [9.17, 15) is 4.79 Å². The molecular weight excluding hydrogens is 444 g/mol. The maximum Gasteiger partial charge on any atom is 0.222 e. The Kier molecular flexibility index (Phi) is 6.50. The van der Waals surface area contributed by atoms with Crippen LogP contribution in [0.15, 0.2) is 54.9 Å². The van der Waals surface area contributed by atoms with E-state index in [1.165, 1.54) is 16.9 Å². The minimum absolute atomic E-state index is 0.109. The van der Waals surface area contributed by atoms with Crippen LogP contribution in [-0.4, -0.2) is 34.3 Å². The van der Waals surface area contributed by atoms with Crippen LogP contribution in [0.5, 0.6) is 5.75 Å². The molecule has 0 saturated heterocycles. The molecule has 2 N–H and O–H groups in total. The molecule has 0 spiro atoms. The molecule has 1 amide bonds. The van der Waals surface area contributed by atoms with Gasteiger partial charge in [0.2, 0.25) is 5.91 Å². The van der Waals surface area contributed by atoms with Crippen molar-refractivity contribution >= 4 is 34.5 Å². The quantitative estimate of drug-likeness (QED) is 0.397. The Balaban J connectivity index is 1.72. The Morgan fingerprint density at radius 3 is 2.78 bits per heavy atom. The molecule has 0 aliphatic rings. The van der Waals surface area contributed by atoms with E-state index in [1.54, 1.807) is 0 Å². The molecule has 32 heavy (non-hydrogen) atoms. The topological polar surface area (TPSA) is 72.9 Å². The van der Waals surface area contributed by atoms with Crippen molar-refractivity contribution < 1.29 is 9.53 Å². The first kappa shape index (κ1) is 22.3. The predicted molar refractivity (Wildman–Crippen MR) is 129 cm³/mol. The van der Waals surface area contributed by atoms with Gasteiger partial charge in [-0.1, -0.05) is 35.9 Å². The number of amides is 1. The molecule has 0 radical (unpaired) electrons. The summed E-state index contributed by atoms with van der Waals surface area (Å²) in [6.07, 6.45) is 3.76. The average molecular weight is 469 g/mol. The van der Waals surface area contributed by atoms with Crippen LogP contribution in [-0.2, 0) is 17.8 Å². The molecule has 1 aromatic carbocycles. The molecule has 3 heterocycles. The van der Waals surface area contributed by atoms with Crippen LogP contribution in [0.4, 0.5) is 0 Å². The fourth-order valence-electron chi connectivity index (χ4n) is 3.64. The highest BCUT2D eigenvalue weighted by atomic mass is 35.5. The lowest BCUT2D eigenvalue weighted by atomic mass is 10.1. The zero-order valence-electron chi connectivity index (χ0n) is 18.2. The summed E-state index contributed by atoms with van der Waals surface area (Å²) in [5.74, 6) is 0.232. The number of halogens is 1. The van der Waals surface area contributed by atoms with Gasteiger partial charge in [-0.3, -0.25) is 9.20 Å². The van der Waals surface area contributed by atoms with Crippen molar-refractivity contribution in [2.75, 3.05) is 14.1 Å². The first-order valence-corrected chi connectivity index (χ1v) is 11.4. The average Bonchev–Trinajstić information content (AvgIpc) is 3.31. The van der Waals surface area contributed by atoms with Crippen molar-refractivity contribution in [3.63, 3.8) is 0 Å². The number of nitrogens with zero attached hydrogens (tertiary/aromatic N) is 3. The molecule has 3 aromatic heterocycles. The minimum atomic E-state index is -0.403. The zero-order chi connectivity index (χ0) is 22.8. The van der Waals surface area contributed by atoms with Gasteiger partial charge in [-0.15, -0.1) is 11.3 Å². The van der Waals surface area contributed by atoms with Gasteiger partial charge in [0.05, 0.1) is 28.1 Å². The Bertz CT molecular complexity index is 1260. The van der Waals surface area contributed by atoms with E-state index >= 15 is 0 Å². The number of carbonyl (C=O) groups is 1. The van der Waals surface area contributed by atoms with Gasteiger partial charge in [0.25, 0.3) is 0 Å². The van der Waals surface area contributed by atoms with Gasteiger partial charge < -0.3 is 15.4 Å². The minimum Gasteiger partial charge on any atom is -0.485 e. The van der Waals surface area contributed by atoms with Crippen molar-refractivity contribution in [2.45, 2.75) is 26.0 Å². The van der Waals surface area contributed by atoms with Crippen LogP contribution >= 0.6 is 22.9 Å². The first-order valence-electron chi connectivity index (χ1n) is 10.2. The SMILES string of the molecule is CC(Oc1cc(-c2cnc3ccc(CN(C)C)cn23)sc1CC(N)=O)c1ccccc1Cl. The normalized spacial score (nSPS) is 12.4. The molecule has 1 unspecified atom stereocenters. The Morgan fingerprint density at radius 2 is 2.06 bits per heavy atom. The fraction of sp³-hybridized carbons (Fsp3) is 0.250. The van der Waals surface area contributed by atoms with Gasteiger partial charge in [0.15, 0.2) is 0 Å². The molecule has 0 fully saturated rings.